The van der Waals surface area contributed by atoms with E-state index in [-0.39, 0.29) is 5.91 Å². The van der Waals surface area contributed by atoms with Crippen molar-refractivity contribution in [2.24, 2.45) is 0 Å². The SMILES string of the molecule is CC[C@@H](C)c1ccc(NC(=O)c2c(C)nn(Cc3c(Cl)cccc3Cl)c2C)cc1. The van der Waals surface area contributed by atoms with Crippen LogP contribution in [0.15, 0.2) is 42.5 Å². The lowest BCUT2D eigenvalue weighted by Crippen LogP contribution is -2.14. The van der Waals surface area contributed by atoms with Crippen LogP contribution in [0, 0.1) is 13.8 Å². The molecule has 2 aromatic carbocycles. The van der Waals surface area contributed by atoms with E-state index in [1.165, 1.54) is 5.56 Å². The summed E-state index contributed by atoms with van der Waals surface area (Å²) in [5, 5.41) is 8.68. The first-order chi connectivity index (χ1) is 13.8. The highest BCUT2D eigenvalue weighted by atomic mass is 35.5. The second-order valence-electron chi connectivity index (χ2n) is 7.29. The Morgan fingerprint density at radius 1 is 1.10 bits per heavy atom. The van der Waals surface area contributed by atoms with Gasteiger partial charge in [-0.1, -0.05) is 55.2 Å². The van der Waals surface area contributed by atoms with Gasteiger partial charge in [-0.05, 0) is 56.0 Å². The number of aromatic nitrogens is 2. The van der Waals surface area contributed by atoms with Crippen molar-refractivity contribution in [1.82, 2.24) is 9.78 Å². The van der Waals surface area contributed by atoms with Gasteiger partial charge in [0, 0.05) is 27.0 Å². The van der Waals surface area contributed by atoms with Crippen LogP contribution in [0.2, 0.25) is 10.0 Å². The number of aryl methyl sites for hydroxylation is 1. The molecule has 0 fully saturated rings. The number of nitrogens with one attached hydrogen (secondary N) is 1. The average Bonchev–Trinajstić information content (AvgIpc) is 2.98. The molecule has 4 nitrogen and oxygen atoms in total. The molecule has 3 aromatic rings. The third-order valence-electron chi connectivity index (χ3n) is 5.33. The molecule has 0 saturated heterocycles. The molecule has 1 N–H and O–H groups in total. The molecule has 1 heterocycles. The molecule has 6 heteroatoms. The maximum Gasteiger partial charge on any atom is 0.259 e. The summed E-state index contributed by atoms with van der Waals surface area (Å²) in [5.74, 6) is 0.326. The van der Waals surface area contributed by atoms with Gasteiger partial charge in [-0.3, -0.25) is 9.48 Å². The zero-order valence-electron chi connectivity index (χ0n) is 17.1. The predicted octanol–water partition coefficient (Wildman–Crippen LogP) is 6.62. The summed E-state index contributed by atoms with van der Waals surface area (Å²) >= 11 is 12.6. The molecule has 0 radical (unpaired) electrons. The lowest BCUT2D eigenvalue weighted by Gasteiger charge is -2.11. The zero-order chi connectivity index (χ0) is 21.1. The Labute approximate surface area is 181 Å². The van der Waals surface area contributed by atoms with E-state index in [1.54, 1.807) is 22.9 Å². The molecule has 0 bridgehead atoms. The highest BCUT2D eigenvalue weighted by molar-refractivity contribution is 6.36. The van der Waals surface area contributed by atoms with Crippen molar-refractivity contribution in [1.29, 1.82) is 0 Å². The van der Waals surface area contributed by atoms with Gasteiger partial charge in [-0.25, -0.2) is 0 Å². The van der Waals surface area contributed by atoms with E-state index < -0.39 is 0 Å². The molecule has 0 saturated carbocycles. The molecular formula is C23H25Cl2N3O. The van der Waals surface area contributed by atoms with Crippen molar-refractivity contribution in [3.63, 3.8) is 0 Å². The third kappa shape index (κ3) is 4.65. The van der Waals surface area contributed by atoms with Gasteiger partial charge in [-0.2, -0.15) is 5.10 Å². The van der Waals surface area contributed by atoms with Crippen LogP contribution in [0.4, 0.5) is 5.69 Å². The molecule has 0 unspecified atom stereocenters. The van der Waals surface area contributed by atoms with Crippen LogP contribution in [0.25, 0.3) is 0 Å². The number of carbonyl (C=O) groups excluding carboxylic acids is 1. The molecule has 3 rings (SSSR count). The van der Waals surface area contributed by atoms with E-state index in [0.717, 1.165) is 23.4 Å². The van der Waals surface area contributed by atoms with Gasteiger partial charge in [0.2, 0.25) is 0 Å². The monoisotopic (exact) mass is 429 g/mol. The number of anilines is 1. The fourth-order valence-corrected chi connectivity index (χ4v) is 3.85. The fraction of sp³-hybridized carbons (Fsp3) is 0.304. The Bertz CT molecular complexity index is 1010. The lowest BCUT2D eigenvalue weighted by atomic mass is 9.98. The van der Waals surface area contributed by atoms with E-state index in [4.69, 9.17) is 23.2 Å². The first-order valence-electron chi connectivity index (χ1n) is 9.70. The van der Waals surface area contributed by atoms with Crippen LogP contribution in [-0.2, 0) is 6.54 Å². The number of hydrogen-bond donors (Lipinski definition) is 1. The van der Waals surface area contributed by atoms with Crippen molar-refractivity contribution in [3.05, 3.63) is 80.6 Å². The number of amides is 1. The van der Waals surface area contributed by atoms with Gasteiger partial charge in [0.05, 0.1) is 17.8 Å². The smallest absolute Gasteiger partial charge is 0.259 e. The Kier molecular flexibility index (Phi) is 6.66. The quantitative estimate of drug-likeness (QED) is 0.478. The van der Waals surface area contributed by atoms with Crippen molar-refractivity contribution < 1.29 is 4.79 Å². The summed E-state index contributed by atoms with van der Waals surface area (Å²) in [6, 6.07) is 13.4. The number of halogens is 2. The lowest BCUT2D eigenvalue weighted by molar-refractivity contribution is 0.102. The average molecular weight is 430 g/mol. The topological polar surface area (TPSA) is 46.9 Å². The molecule has 0 aliphatic heterocycles. The Hall–Kier alpha value is -2.30. The minimum Gasteiger partial charge on any atom is -0.322 e. The minimum atomic E-state index is -0.173. The van der Waals surface area contributed by atoms with Crippen LogP contribution < -0.4 is 5.32 Å². The molecule has 0 aliphatic rings. The standard InChI is InChI=1S/C23H25Cl2N3O/c1-5-14(2)17-9-11-18(12-10-17)26-23(29)22-15(3)27-28(16(22)4)13-19-20(24)7-6-8-21(19)25/h6-12,14H,5,13H2,1-4H3,(H,26,29)/t14-/m1/s1. The van der Waals surface area contributed by atoms with E-state index in [0.29, 0.717) is 33.8 Å². The van der Waals surface area contributed by atoms with E-state index in [2.05, 4.69) is 36.4 Å². The number of hydrogen-bond acceptors (Lipinski definition) is 2. The largest absolute Gasteiger partial charge is 0.322 e. The number of nitrogens with zero attached hydrogens (tertiary/aromatic N) is 2. The second-order valence-corrected chi connectivity index (χ2v) is 8.10. The van der Waals surface area contributed by atoms with Crippen LogP contribution in [-0.4, -0.2) is 15.7 Å². The van der Waals surface area contributed by atoms with Crippen molar-refractivity contribution in [3.8, 4) is 0 Å². The van der Waals surface area contributed by atoms with Gasteiger partial charge in [0.1, 0.15) is 0 Å². The summed E-state index contributed by atoms with van der Waals surface area (Å²) in [6.45, 7) is 8.48. The van der Waals surface area contributed by atoms with Crippen LogP contribution in [0.1, 0.15) is 59.1 Å². The van der Waals surface area contributed by atoms with Crippen molar-refractivity contribution >= 4 is 34.8 Å². The predicted molar refractivity (Wildman–Crippen MR) is 120 cm³/mol. The first-order valence-corrected chi connectivity index (χ1v) is 10.5. The van der Waals surface area contributed by atoms with E-state index in [9.17, 15) is 4.79 Å². The Morgan fingerprint density at radius 2 is 1.72 bits per heavy atom. The second kappa shape index (κ2) is 9.02. The van der Waals surface area contributed by atoms with Crippen LogP contribution in [0.5, 0.6) is 0 Å². The first kappa shape index (κ1) is 21.4. The molecule has 0 spiro atoms. The van der Waals surface area contributed by atoms with Gasteiger partial charge >= 0.3 is 0 Å². The molecule has 1 amide bonds. The Balaban J connectivity index is 1.81. The number of benzene rings is 2. The van der Waals surface area contributed by atoms with Gasteiger partial charge in [0.15, 0.2) is 0 Å². The molecular weight excluding hydrogens is 405 g/mol. The summed E-state index contributed by atoms with van der Waals surface area (Å²) in [7, 11) is 0. The zero-order valence-corrected chi connectivity index (χ0v) is 18.6. The summed E-state index contributed by atoms with van der Waals surface area (Å²) in [6.07, 6.45) is 1.08. The van der Waals surface area contributed by atoms with Gasteiger partial charge in [-0.15, -0.1) is 0 Å². The Morgan fingerprint density at radius 3 is 2.31 bits per heavy atom. The van der Waals surface area contributed by atoms with Crippen LogP contribution in [0.3, 0.4) is 0 Å². The highest BCUT2D eigenvalue weighted by Gasteiger charge is 2.20. The highest BCUT2D eigenvalue weighted by Crippen LogP contribution is 2.27. The van der Waals surface area contributed by atoms with Crippen molar-refractivity contribution in [2.45, 2.75) is 46.6 Å². The normalized spacial score (nSPS) is 12.1. The summed E-state index contributed by atoms with van der Waals surface area (Å²) in [5.41, 5.74) is 4.82. The molecule has 0 aliphatic carbocycles. The fourth-order valence-electron chi connectivity index (χ4n) is 3.34. The van der Waals surface area contributed by atoms with E-state index >= 15 is 0 Å². The molecule has 29 heavy (non-hydrogen) atoms. The summed E-state index contributed by atoms with van der Waals surface area (Å²) < 4.78 is 1.77. The minimum absolute atomic E-state index is 0.173. The van der Waals surface area contributed by atoms with Crippen molar-refractivity contribution in [2.75, 3.05) is 5.32 Å². The molecule has 1 aromatic heterocycles. The molecule has 152 valence electrons. The van der Waals surface area contributed by atoms with Crippen LogP contribution >= 0.6 is 23.2 Å². The van der Waals surface area contributed by atoms with Gasteiger partial charge in [0.25, 0.3) is 5.91 Å². The summed E-state index contributed by atoms with van der Waals surface area (Å²) in [4.78, 5) is 12.9. The van der Waals surface area contributed by atoms with E-state index in [1.807, 2.05) is 26.0 Å². The third-order valence-corrected chi connectivity index (χ3v) is 6.04. The maximum atomic E-state index is 12.9. The molecule has 1 atom stereocenters. The maximum absolute atomic E-state index is 12.9. The number of rotatable bonds is 6. The number of carbonyl (C=O) groups is 1. The van der Waals surface area contributed by atoms with Gasteiger partial charge < -0.3 is 5.32 Å².